The molecule has 5 aromatic carbocycles. The highest BCUT2D eigenvalue weighted by Gasteiger charge is 2.44. The molecule has 6 heteroatoms. The predicted molar refractivity (Wildman–Crippen MR) is 155 cm³/mol. The van der Waals surface area contributed by atoms with Gasteiger partial charge in [0.15, 0.2) is 17.5 Å². The van der Waals surface area contributed by atoms with Crippen molar-refractivity contribution in [3.63, 3.8) is 0 Å². The molecular formula is C35H20F2N4. The highest BCUT2D eigenvalue weighted by atomic mass is 19.3. The van der Waals surface area contributed by atoms with Crippen LogP contribution < -0.4 is 0 Å². The minimum Gasteiger partial charge on any atom is -0.208 e. The zero-order valence-electron chi connectivity index (χ0n) is 21.6. The molecule has 7 rings (SSSR count). The Hall–Kier alpha value is -5.54. The smallest absolute Gasteiger partial charge is 0.208 e. The van der Waals surface area contributed by atoms with Gasteiger partial charge in [-0.15, -0.1) is 0 Å². The highest BCUT2D eigenvalue weighted by molar-refractivity contribution is 5.84. The standard InChI is InChI=1S/C35H20F2N4/c36-35(37)30-19-26(23-13-11-22(21-38)12-14-23)15-17-28(30)29-18-16-27(20-31(29)35)34-40-32(24-7-3-1-4-8-24)39-33(41-34)25-9-5-2-6-10-25/h1-20H. The van der Waals surface area contributed by atoms with Crippen LogP contribution in [0.2, 0.25) is 0 Å². The van der Waals surface area contributed by atoms with Gasteiger partial charge in [0.25, 0.3) is 5.92 Å². The molecule has 0 amide bonds. The van der Waals surface area contributed by atoms with Crippen LogP contribution in [0.15, 0.2) is 121 Å². The summed E-state index contributed by atoms with van der Waals surface area (Å²) in [5, 5.41) is 9.08. The number of halogens is 2. The number of rotatable bonds is 4. The van der Waals surface area contributed by atoms with Gasteiger partial charge < -0.3 is 0 Å². The van der Waals surface area contributed by atoms with Crippen LogP contribution in [0.3, 0.4) is 0 Å². The van der Waals surface area contributed by atoms with E-state index >= 15 is 8.78 Å². The maximum atomic E-state index is 16.0. The monoisotopic (exact) mass is 534 g/mol. The van der Waals surface area contributed by atoms with E-state index in [9.17, 15) is 0 Å². The Labute approximate surface area is 235 Å². The average molecular weight is 535 g/mol. The van der Waals surface area contributed by atoms with Gasteiger partial charge in [-0.3, -0.25) is 0 Å². The normalized spacial score (nSPS) is 12.8. The SMILES string of the molecule is N#Cc1ccc(-c2ccc3c(c2)C(F)(F)c2cc(-c4nc(-c5ccccc5)nc(-c5ccccc5)n4)ccc2-3)cc1. The van der Waals surface area contributed by atoms with E-state index in [2.05, 4.69) is 6.07 Å². The van der Waals surface area contributed by atoms with E-state index in [0.717, 1.165) is 16.7 Å². The summed E-state index contributed by atoms with van der Waals surface area (Å²) in [6, 6.07) is 38.2. The lowest BCUT2D eigenvalue weighted by molar-refractivity contribution is 0.0481. The van der Waals surface area contributed by atoms with E-state index in [1.54, 1.807) is 48.5 Å². The van der Waals surface area contributed by atoms with E-state index in [1.807, 2.05) is 66.7 Å². The summed E-state index contributed by atoms with van der Waals surface area (Å²) in [6.45, 7) is 0. The molecule has 1 aliphatic rings. The molecule has 194 valence electrons. The number of nitriles is 1. The number of nitrogens with zero attached hydrogens (tertiary/aromatic N) is 4. The molecule has 1 aliphatic carbocycles. The largest absolute Gasteiger partial charge is 0.299 e. The minimum atomic E-state index is -3.21. The maximum Gasteiger partial charge on any atom is 0.299 e. The summed E-state index contributed by atoms with van der Waals surface area (Å²) in [7, 11) is 0. The molecule has 0 atom stereocenters. The van der Waals surface area contributed by atoms with Crippen LogP contribution in [0.5, 0.6) is 0 Å². The molecule has 0 N–H and O–H groups in total. The van der Waals surface area contributed by atoms with Crippen LogP contribution in [0.4, 0.5) is 8.78 Å². The molecule has 0 saturated heterocycles. The van der Waals surface area contributed by atoms with Crippen LogP contribution in [-0.2, 0) is 5.92 Å². The Morgan fingerprint density at radius 1 is 0.488 bits per heavy atom. The molecule has 41 heavy (non-hydrogen) atoms. The molecule has 0 bridgehead atoms. The van der Waals surface area contributed by atoms with Gasteiger partial charge in [-0.25, -0.2) is 15.0 Å². The number of hydrogen-bond donors (Lipinski definition) is 0. The molecule has 0 aliphatic heterocycles. The Morgan fingerprint density at radius 3 is 1.44 bits per heavy atom. The van der Waals surface area contributed by atoms with Crippen molar-refractivity contribution in [1.29, 1.82) is 5.26 Å². The van der Waals surface area contributed by atoms with Gasteiger partial charge in [0.2, 0.25) is 0 Å². The molecule has 4 nitrogen and oxygen atoms in total. The second-order valence-corrected chi connectivity index (χ2v) is 9.82. The first-order valence-corrected chi connectivity index (χ1v) is 13.1. The van der Waals surface area contributed by atoms with Crippen molar-refractivity contribution in [3.8, 4) is 62.5 Å². The molecular weight excluding hydrogens is 514 g/mol. The zero-order chi connectivity index (χ0) is 28.0. The fraction of sp³-hybridized carbons (Fsp3) is 0.0286. The Kier molecular flexibility index (Phi) is 5.72. The number of hydrogen-bond acceptors (Lipinski definition) is 4. The molecule has 0 radical (unpaired) electrons. The van der Waals surface area contributed by atoms with Crippen molar-refractivity contribution in [2.75, 3.05) is 0 Å². The van der Waals surface area contributed by atoms with Gasteiger partial charge in [-0.2, -0.15) is 14.0 Å². The predicted octanol–water partition coefficient (Wildman–Crippen LogP) is 8.53. The van der Waals surface area contributed by atoms with Gasteiger partial charge in [-0.1, -0.05) is 97.1 Å². The number of aromatic nitrogens is 3. The second kappa shape index (κ2) is 9.58. The van der Waals surface area contributed by atoms with E-state index in [1.165, 1.54) is 6.07 Å². The maximum absolute atomic E-state index is 16.0. The summed E-state index contributed by atoms with van der Waals surface area (Å²) in [5.74, 6) is -1.94. The van der Waals surface area contributed by atoms with E-state index in [-0.39, 0.29) is 11.1 Å². The quantitative estimate of drug-likeness (QED) is 0.227. The minimum absolute atomic E-state index is 0.0443. The van der Waals surface area contributed by atoms with Crippen molar-refractivity contribution >= 4 is 0 Å². The molecule has 6 aromatic rings. The van der Waals surface area contributed by atoms with Gasteiger partial charge in [0.05, 0.1) is 11.6 Å². The Balaban J connectivity index is 1.33. The van der Waals surface area contributed by atoms with Gasteiger partial charge >= 0.3 is 0 Å². The highest BCUT2D eigenvalue weighted by Crippen LogP contribution is 2.52. The summed E-state index contributed by atoms with van der Waals surface area (Å²) >= 11 is 0. The average Bonchev–Trinajstić information content (AvgIpc) is 3.27. The Morgan fingerprint density at radius 2 is 0.927 bits per heavy atom. The first kappa shape index (κ1) is 24.5. The van der Waals surface area contributed by atoms with E-state index < -0.39 is 5.92 Å². The summed E-state index contributed by atoms with van der Waals surface area (Å²) < 4.78 is 32.1. The topological polar surface area (TPSA) is 62.5 Å². The van der Waals surface area contributed by atoms with Crippen LogP contribution >= 0.6 is 0 Å². The third-order valence-corrected chi connectivity index (χ3v) is 7.31. The van der Waals surface area contributed by atoms with Crippen molar-refractivity contribution in [2.24, 2.45) is 0 Å². The molecule has 1 aromatic heterocycles. The lowest BCUT2D eigenvalue weighted by Gasteiger charge is -2.14. The van der Waals surface area contributed by atoms with Crippen LogP contribution in [0, 0.1) is 11.3 Å². The third kappa shape index (κ3) is 4.25. The van der Waals surface area contributed by atoms with Gasteiger partial charge in [-0.05, 0) is 46.5 Å². The van der Waals surface area contributed by atoms with Crippen molar-refractivity contribution in [2.45, 2.75) is 5.92 Å². The van der Waals surface area contributed by atoms with Crippen molar-refractivity contribution < 1.29 is 8.78 Å². The summed E-state index contributed by atoms with van der Waals surface area (Å²) in [4.78, 5) is 14.1. The molecule has 0 fully saturated rings. The van der Waals surface area contributed by atoms with Crippen LogP contribution in [-0.4, -0.2) is 15.0 Å². The molecule has 0 spiro atoms. The second-order valence-electron chi connectivity index (χ2n) is 9.82. The van der Waals surface area contributed by atoms with Crippen LogP contribution in [0.1, 0.15) is 16.7 Å². The fourth-order valence-electron chi connectivity index (χ4n) is 5.22. The molecule has 0 unspecified atom stereocenters. The van der Waals surface area contributed by atoms with E-state index in [0.29, 0.717) is 45.3 Å². The van der Waals surface area contributed by atoms with Crippen LogP contribution in [0.25, 0.3) is 56.4 Å². The van der Waals surface area contributed by atoms with Gasteiger partial charge in [0, 0.05) is 27.8 Å². The summed E-state index contributed by atoms with van der Waals surface area (Å²) in [6.07, 6.45) is 0. The van der Waals surface area contributed by atoms with E-state index in [4.69, 9.17) is 20.2 Å². The summed E-state index contributed by atoms with van der Waals surface area (Å²) in [5.41, 5.74) is 4.92. The van der Waals surface area contributed by atoms with Gasteiger partial charge in [0.1, 0.15) is 0 Å². The lowest BCUT2D eigenvalue weighted by Crippen LogP contribution is -2.11. The fourth-order valence-corrected chi connectivity index (χ4v) is 5.22. The zero-order valence-corrected chi connectivity index (χ0v) is 21.6. The number of alkyl halides is 2. The Bertz CT molecular complexity index is 1910. The number of benzene rings is 5. The first-order valence-electron chi connectivity index (χ1n) is 13.1. The number of fused-ring (bicyclic) bond motifs is 3. The molecule has 0 saturated carbocycles. The van der Waals surface area contributed by atoms with Crippen molar-refractivity contribution in [1.82, 2.24) is 15.0 Å². The molecule has 1 heterocycles. The third-order valence-electron chi connectivity index (χ3n) is 7.31. The lowest BCUT2D eigenvalue weighted by atomic mass is 9.98. The van der Waals surface area contributed by atoms with Crippen molar-refractivity contribution in [3.05, 3.63) is 138 Å². The first-order chi connectivity index (χ1) is 20.0.